The fourth-order valence-electron chi connectivity index (χ4n) is 3.04. The van der Waals surface area contributed by atoms with Crippen LogP contribution in [0.15, 0.2) is 43.0 Å². The van der Waals surface area contributed by atoms with Crippen LogP contribution in [0.4, 0.5) is 36.6 Å². The molecule has 176 valence electrons. The number of alkyl halides is 3. The van der Waals surface area contributed by atoms with E-state index in [0.717, 1.165) is 5.56 Å². The average Bonchev–Trinajstić information content (AvgIpc) is 2.81. The van der Waals surface area contributed by atoms with Crippen molar-refractivity contribution in [3.05, 3.63) is 77.4 Å². The summed E-state index contributed by atoms with van der Waals surface area (Å²) in [5, 5.41) is 3.08. The maximum Gasteiger partial charge on any atom is 0.422 e. The first-order valence-electron chi connectivity index (χ1n) is 9.52. The van der Waals surface area contributed by atoms with Gasteiger partial charge in [0, 0.05) is 18.9 Å². The molecule has 1 N–H and O–H groups in total. The van der Waals surface area contributed by atoms with E-state index in [2.05, 4.69) is 25.3 Å². The second kappa shape index (κ2) is 9.08. The number of anilines is 1. The van der Waals surface area contributed by atoms with Gasteiger partial charge in [0.2, 0.25) is 17.4 Å². The topological polar surface area (TPSA) is 72.8 Å². The van der Waals surface area contributed by atoms with Crippen LogP contribution in [0.25, 0.3) is 11.2 Å². The average molecular weight is 483 g/mol. The number of benzene rings is 2. The number of hydrogen-bond donors (Lipinski definition) is 1. The molecule has 0 aliphatic heterocycles. The van der Waals surface area contributed by atoms with Gasteiger partial charge in [-0.1, -0.05) is 12.1 Å². The molecule has 2 aromatic heterocycles. The van der Waals surface area contributed by atoms with Crippen LogP contribution in [0.5, 0.6) is 11.5 Å². The van der Waals surface area contributed by atoms with Gasteiger partial charge in [0.1, 0.15) is 23.2 Å². The predicted octanol–water partition coefficient (Wildman–Crippen LogP) is 5.44. The Kier molecular flexibility index (Phi) is 6.18. The van der Waals surface area contributed by atoms with Gasteiger partial charge in [0.15, 0.2) is 23.1 Å². The highest BCUT2D eigenvalue weighted by atomic mass is 19.4. The lowest BCUT2D eigenvalue weighted by Crippen LogP contribution is -2.15. The van der Waals surface area contributed by atoms with Crippen molar-refractivity contribution >= 4 is 17.0 Å². The zero-order valence-electron chi connectivity index (χ0n) is 16.8. The van der Waals surface area contributed by atoms with E-state index < -0.39 is 40.8 Å². The van der Waals surface area contributed by atoms with Crippen molar-refractivity contribution in [2.45, 2.75) is 12.6 Å². The Morgan fingerprint density at radius 2 is 1.44 bits per heavy atom. The molecule has 0 saturated heterocycles. The van der Waals surface area contributed by atoms with Crippen molar-refractivity contribution in [1.29, 1.82) is 0 Å². The first kappa shape index (κ1) is 23.1. The molecular weight excluding hydrogens is 471 g/mol. The molecule has 0 aliphatic rings. The molecule has 2 heterocycles. The van der Waals surface area contributed by atoms with Crippen LogP contribution in [-0.4, -0.2) is 26.5 Å². The quantitative estimate of drug-likeness (QED) is 0.291. The Morgan fingerprint density at radius 3 is 2.09 bits per heavy atom. The molecule has 4 rings (SSSR count). The van der Waals surface area contributed by atoms with E-state index in [1.54, 1.807) is 0 Å². The maximum absolute atomic E-state index is 14.0. The third-order valence-electron chi connectivity index (χ3n) is 4.63. The molecule has 0 atom stereocenters. The highest BCUT2D eigenvalue weighted by Gasteiger charge is 2.42. The summed E-state index contributed by atoms with van der Waals surface area (Å²) in [4.78, 5) is 16.3. The van der Waals surface area contributed by atoms with Crippen LogP contribution >= 0.6 is 0 Å². The number of halogens is 7. The lowest BCUT2D eigenvalue weighted by Gasteiger charge is -2.14. The zero-order chi connectivity index (χ0) is 24.5. The standard InChI is InChI=1S/C21H12F7N5O/c22-13-12(21(26,27)28)14(23)16(25)18(15(13)24)34-11-3-1-10(2-4-11)5-6-30-19-17-20(33-9-32-19)31-8-7-29-17/h1-4,7-9H,5-6H2,(H,30,31,32,33). The van der Waals surface area contributed by atoms with Gasteiger partial charge in [-0.05, 0) is 24.1 Å². The molecule has 0 radical (unpaired) electrons. The highest BCUT2D eigenvalue weighted by molar-refractivity contribution is 5.81. The summed E-state index contributed by atoms with van der Waals surface area (Å²) < 4.78 is 98.3. The summed E-state index contributed by atoms with van der Waals surface area (Å²) in [7, 11) is 0. The highest BCUT2D eigenvalue weighted by Crippen LogP contribution is 2.40. The van der Waals surface area contributed by atoms with Crippen LogP contribution in [0, 0.1) is 23.3 Å². The molecule has 0 unspecified atom stereocenters. The number of hydrogen-bond acceptors (Lipinski definition) is 6. The first-order valence-corrected chi connectivity index (χ1v) is 9.52. The second-order valence-corrected chi connectivity index (χ2v) is 6.83. The lowest BCUT2D eigenvalue weighted by molar-refractivity contribution is -0.143. The van der Waals surface area contributed by atoms with Crippen LogP contribution in [-0.2, 0) is 12.6 Å². The van der Waals surface area contributed by atoms with Gasteiger partial charge >= 0.3 is 6.18 Å². The van der Waals surface area contributed by atoms with Crippen LogP contribution in [0.3, 0.4) is 0 Å². The van der Waals surface area contributed by atoms with Crippen molar-refractivity contribution < 1.29 is 35.5 Å². The Balaban J connectivity index is 1.45. The zero-order valence-corrected chi connectivity index (χ0v) is 16.8. The molecule has 0 saturated carbocycles. The first-order chi connectivity index (χ1) is 16.2. The van der Waals surface area contributed by atoms with Gasteiger partial charge in [0.25, 0.3) is 0 Å². The van der Waals surface area contributed by atoms with Crippen molar-refractivity contribution in [2.24, 2.45) is 0 Å². The smallest absolute Gasteiger partial charge is 0.422 e. The summed E-state index contributed by atoms with van der Waals surface area (Å²) >= 11 is 0. The van der Waals surface area contributed by atoms with E-state index in [9.17, 15) is 30.7 Å². The van der Waals surface area contributed by atoms with Gasteiger partial charge in [0.05, 0.1) is 0 Å². The van der Waals surface area contributed by atoms with Crippen molar-refractivity contribution in [1.82, 2.24) is 19.9 Å². The van der Waals surface area contributed by atoms with E-state index in [1.165, 1.54) is 43.0 Å². The molecule has 13 heteroatoms. The van der Waals surface area contributed by atoms with Crippen molar-refractivity contribution in [3.8, 4) is 11.5 Å². The maximum atomic E-state index is 14.0. The Morgan fingerprint density at radius 1 is 0.794 bits per heavy atom. The number of rotatable bonds is 6. The van der Waals surface area contributed by atoms with Gasteiger partial charge in [-0.3, -0.25) is 0 Å². The van der Waals surface area contributed by atoms with Crippen LogP contribution < -0.4 is 10.1 Å². The number of nitrogens with zero attached hydrogens (tertiary/aromatic N) is 4. The van der Waals surface area contributed by atoms with Gasteiger partial charge in [-0.2, -0.15) is 22.0 Å². The van der Waals surface area contributed by atoms with Gasteiger partial charge in [-0.25, -0.2) is 28.7 Å². The van der Waals surface area contributed by atoms with Gasteiger partial charge < -0.3 is 10.1 Å². The summed E-state index contributed by atoms with van der Waals surface area (Å²) in [5.74, 6) is -11.2. The predicted molar refractivity (Wildman–Crippen MR) is 105 cm³/mol. The van der Waals surface area contributed by atoms with E-state index in [0.29, 0.717) is 29.9 Å². The van der Waals surface area contributed by atoms with E-state index in [-0.39, 0.29) is 5.75 Å². The monoisotopic (exact) mass is 483 g/mol. The summed E-state index contributed by atoms with van der Waals surface area (Å²) in [6.07, 6.45) is -0.854. The minimum Gasteiger partial charge on any atom is -0.451 e. The number of aromatic nitrogens is 4. The van der Waals surface area contributed by atoms with Crippen molar-refractivity contribution in [2.75, 3.05) is 11.9 Å². The number of ether oxygens (including phenoxy) is 1. The van der Waals surface area contributed by atoms with E-state index in [1.807, 2.05) is 0 Å². The molecule has 0 spiro atoms. The molecule has 2 aromatic carbocycles. The minimum atomic E-state index is -5.63. The molecule has 6 nitrogen and oxygen atoms in total. The third kappa shape index (κ3) is 4.54. The normalized spacial score (nSPS) is 11.6. The third-order valence-corrected chi connectivity index (χ3v) is 4.63. The van der Waals surface area contributed by atoms with Crippen molar-refractivity contribution in [3.63, 3.8) is 0 Å². The largest absolute Gasteiger partial charge is 0.451 e. The number of fused-ring (bicyclic) bond motifs is 1. The fraction of sp³-hybridized carbons (Fsp3) is 0.143. The Hall–Kier alpha value is -4.03. The Labute approximate surface area is 186 Å². The van der Waals surface area contributed by atoms with Crippen LogP contribution in [0.2, 0.25) is 0 Å². The lowest BCUT2D eigenvalue weighted by atomic mass is 10.1. The molecule has 0 amide bonds. The number of nitrogens with one attached hydrogen (secondary N) is 1. The minimum absolute atomic E-state index is 0.245. The molecular formula is C21H12F7N5O. The van der Waals surface area contributed by atoms with Crippen LogP contribution in [0.1, 0.15) is 11.1 Å². The van der Waals surface area contributed by atoms with Gasteiger partial charge in [-0.15, -0.1) is 0 Å². The molecule has 0 bridgehead atoms. The summed E-state index contributed by atoms with van der Waals surface area (Å²) in [6, 6.07) is 5.49. The summed E-state index contributed by atoms with van der Waals surface area (Å²) in [5.41, 5.74) is -1.04. The second-order valence-electron chi connectivity index (χ2n) is 6.83. The molecule has 34 heavy (non-hydrogen) atoms. The molecule has 0 aliphatic carbocycles. The summed E-state index contributed by atoms with van der Waals surface area (Å²) in [6.45, 7) is 0.404. The fourth-order valence-corrected chi connectivity index (χ4v) is 3.04. The Bertz CT molecular complexity index is 1310. The SMILES string of the molecule is Fc1c(F)c(C(F)(F)F)c(F)c(F)c1Oc1ccc(CCNc2ncnc3nccnc23)cc1. The van der Waals surface area contributed by atoms with E-state index in [4.69, 9.17) is 4.74 Å². The molecule has 0 fully saturated rings. The van der Waals surface area contributed by atoms with E-state index >= 15 is 0 Å². The molecule has 4 aromatic rings.